The Hall–Kier alpha value is -1.35. The fourth-order valence-corrected chi connectivity index (χ4v) is 2.67. The summed E-state index contributed by atoms with van der Waals surface area (Å²) in [5.74, 6) is 0. The van der Waals surface area contributed by atoms with Crippen LogP contribution in [-0.2, 0) is 14.8 Å². The van der Waals surface area contributed by atoms with Crippen LogP contribution in [0.4, 0.5) is 11.4 Å². The predicted octanol–water partition coefficient (Wildman–Crippen LogP) is -0.886. The summed E-state index contributed by atoms with van der Waals surface area (Å²) in [6.45, 7) is 1.37. The standard InChI is InChI=1S/C11H17N3O4S/c12-8-3-9(5-11(4-8)19(13,16)17)14-1-2-18-7-10(14)6-15/h3-5,10,15H,1-2,6-7,12H2,(H2,13,16,17). The van der Waals surface area contributed by atoms with Gasteiger partial charge in [-0.2, -0.15) is 0 Å². The van der Waals surface area contributed by atoms with Crippen LogP contribution < -0.4 is 15.8 Å². The number of aliphatic hydroxyl groups is 1. The number of rotatable bonds is 3. The Morgan fingerprint density at radius 1 is 1.42 bits per heavy atom. The zero-order chi connectivity index (χ0) is 14.0. The minimum absolute atomic E-state index is 0.0364. The van der Waals surface area contributed by atoms with E-state index in [0.29, 0.717) is 31.1 Å². The van der Waals surface area contributed by atoms with Gasteiger partial charge >= 0.3 is 0 Å². The number of primary sulfonamides is 1. The zero-order valence-electron chi connectivity index (χ0n) is 10.3. The van der Waals surface area contributed by atoms with Gasteiger partial charge in [-0.1, -0.05) is 0 Å². The Morgan fingerprint density at radius 3 is 2.79 bits per heavy atom. The number of nitrogen functional groups attached to an aromatic ring is 1. The second kappa shape index (κ2) is 5.33. The van der Waals surface area contributed by atoms with Crippen LogP contribution in [0.5, 0.6) is 0 Å². The Kier molecular flexibility index (Phi) is 3.95. The van der Waals surface area contributed by atoms with E-state index in [1.54, 1.807) is 6.07 Å². The van der Waals surface area contributed by atoms with Crippen LogP contribution >= 0.6 is 0 Å². The number of ether oxygens (including phenoxy) is 1. The number of nitrogens with zero attached hydrogens (tertiary/aromatic N) is 1. The molecule has 0 aliphatic carbocycles. The Labute approximate surface area is 111 Å². The number of sulfonamides is 1. The average Bonchev–Trinajstić information content (AvgIpc) is 2.37. The first-order chi connectivity index (χ1) is 8.91. The summed E-state index contributed by atoms with van der Waals surface area (Å²) in [4.78, 5) is 1.83. The molecule has 5 N–H and O–H groups in total. The quantitative estimate of drug-likeness (QED) is 0.621. The molecular weight excluding hydrogens is 270 g/mol. The molecular formula is C11H17N3O4S. The van der Waals surface area contributed by atoms with E-state index >= 15 is 0 Å². The molecule has 0 bridgehead atoms. The van der Waals surface area contributed by atoms with Crippen molar-refractivity contribution in [1.29, 1.82) is 0 Å². The lowest BCUT2D eigenvalue weighted by molar-refractivity contribution is 0.0727. The van der Waals surface area contributed by atoms with E-state index in [0.717, 1.165) is 0 Å². The molecule has 1 aromatic rings. The molecule has 1 heterocycles. The van der Waals surface area contributed by atoms with Crippen molar-refractivity contribution in [2.75, 3.05) is 37.0 Å². The molecule has 0 aromatic heterocycles. The smallest absolute Gasteiger partial charge is 0.238 e. The van der Waals surface area contributed by atoms with E-state index in [2.05, 4.69) is 0 Å². The number of morpholine rings is 1. The summed E-state index contributed by atoms with van der Waals surface area (Å²) in [5, 5.41) is 14.4. The van der Waals surface area contributed by atoms with Crippen molar-refractivity contribution in [1.82, 2.24) is 0 Å². The molecule has 0 amide bonds. The molecule has 1 aromatic carbocycles. The molecule has 1 saturated heterocycles. The lowest BCUT2D eigenvalue weighted by Crippen LogP contribution is -2.47. The Balaban J connectivity index is 2.41. The van der Waals surface area contributed by atoms with Crippen molar-refractivity contribution in [2.45, 2.75) is 10.9 Å². The third-order valence-electron chi connectivity index (χ3n) is 3.01. The molecule has 1 unspecified atom stereocenters. The van der Waals surface area contributed by atoms with Crippen molar-refractivity contribution >= 4 is 21.4 Å². The summed E-state index contributed by atoms with van der Waals surface area (Å²) in [6.07, 6.45) is 0. The lowest BCUT2D eigenvalue weighted by atomic mass is 10.2. The van der Waals surface area contributed by atoms with Crippen LogP contribution in [0, 0.1) is 0 Å². The first-order valence-corrected chi connectivity index (χ1v) is 7.35. The van der Waals surface area contributed by atoms with Gasteiger partial charge in [-0.15, -0.1) is 0 Å². The number of nitrogens with two attached hydrogens (primary N) is 2. The normalized spacial score (nSPS) is 20.5. The molecule has 19 heavy (non-hydrogen) atoms. The van der Waals surface area contributed by atoms with Crippen molar-refractivity contribution in [2.24, 2.45) is 5.14 Å². The highest BCUT2D eigenvalue weighted by atomic mass is 32.2. The predicted molar refractivity (Wildman–Crippen MR) is 71.3 cm³/mol. The molecule has 1 aliphatic heterocycles. The summed E-state index contributed by atoms with van der Waals surface area (Å²) >= 11 is 0. The third-order valence-corrected chi connectivity index (χ3v) is 3.90. The summed E-state index contributed by atoms with van der Waals surface area (Å²) < 4.78 is 28.1. The van der Waals surface area contributed by atoms with Gasteiger partial charge in [0, 0.05) is 17.9 Å². The lowest BCUT2D eigenvalue weighted by Gasteiger charge is -2.36. The maximum absolute atomic E-state index is 11.4. The molecule has 106 valence electrons. The molecule has 0 saturated carbocycles. The topological polar surface area (TPSA) is 119 Å². The van der Waals surface area contributed by atoms with E-state index < -0.39 is 10.0 Å². The van der Waals surface area contributed by atoms with E-state index in [-0.39, 0.29) is 17.5 Å². The molecule has 7 nitrogen and oxygen atoms in total. The van der Waals surface area contributed by atoms with Gasteiger partial charge in [-0.25, -0.2) is 13.6 Å². The van der Waals surface area contributed by atoms with Crippen LogP contribution in [0.25, 0.3) is 0 Å². The molecule has 0 spiro atoms. The van der Waals surface area contributed by atoms with Crippen LogP contribution in [0.15, 0.2) is 23.1 Å². The van der Waals surface area contributed by atoms with Gasteiger partial charge in [0.1, 0.15) is 0 Å². The van der Waals surface area contributed by atoms with Crippen LogP contribution in [0.1, 0.15) is 0 Å². The van der Waals surface area contributed by atoms with Crippen molar-refractivity contribution < 1.29 is 18.3 Å². The SMILES string of the molecule is Nc1cc(N2CCOCC2CO)cc(S(N)(=O)=O)c1. The first-order valence-electron chi connectivity index (χ1n) is 5.80. The van der Waals surface area contributed by atoms with Crippen LogP contribution in [0.3, 0.4) is 0 Å². The van der Waals surface area contributed by atoms with Crippen molar-refractivity contribution in [3.8, 4) is 0 Å². The maximum atomic E-state index is 11.4. The molecule has 1 aliphatic rings. The summed E-state index contributed by atoms with van der Waals surface area (Å²) in [5.41, 5.74) is 6.64. The fraction of sp³-hybridized carbons (Fsp3) is 0.455. The summed E-state index contributed by atoms with van der Waals surface area (Å²) in [7, 11) is -3.81. The van der Waals surface area contributed by atoms with Crippen LogP contribution in [-0.4, -0.2) is 45.9 Å². The highest BCUT2D eigenvalue weighted by molar-refractivity contribution is 7.89. The monoisotopic (exact) mass is 287 g/mol. The first kappa shape index (κ1) is 14.1. The Bertz CT molecular complexity index is 561. The number of benzene rings is 1. The van der Waals surface area contributed by atoms with E-state index in [4.69, 9.17) is 15.6 Å². The van der Waals surface area contributed by atoms with Gasteiger partial charge in [-0.05, 0) is 18.2 Å². The highest BCUT2D eigenvalue weighted by Gasteiger charge is 2.24. The minimum atomic E-state index is -3.81. The molecule has 1 fully saturated rings. The molecule has 0 radical (unpaired) electrons. The van der Waals surface area contributed by atoms with Gasteiger partial charge in [0.25, 0.3) is 0 Å². The summed E-state index contributed by atoms with van der Waals surface area (Å²) in [6, 6.07) is 4.21. The van der Waals surface area contributed by atoms with Crippen molar-refractivity contribution in [3.63, 3.8) is 0 Å². The van der Waals surface area contributed by atoms with E-state index in [9.17, 15) is 13.5 Å². The van der Waals surface area contributed by atoms with Gasteiger partial charge in [0.05, 0.1) is 30.8 Å². The van der Waals surface area contributed by atoms with E-state index in [1.165, 1.54) is 12.1 Å². The molecule has 1 atom stereocenters. The second-order valence-corrected chi connectivity index (χ2v) is 5.97. The third kappa shape index (κ3) is 3.16. The van der Waals surface area contributed by atoms with Crippen LogP contribution in [0.2, 0.25) is 0 Å². The maximum Gasteiger partial charge on any atom is 0.238 e. The van der Waals surface area contributed by atoms with Crippen molar-refractivity contribution in [3.05, 3.63) is 18.2 Å². The van der Waals surface area contributed by atoms with Gasteiger partial charge < -0.3 is 20.5 Å². The fourth-order valence-electron chi connectivity index (χ4n) is 2.08. The second-order valence-electron chi connectivity index (χ2n) is 4.41. The molecule has 8 heteroatoms. The molecule has 2 rings (SSSR count). The largest absolute Gasteiger partial charge is 0.399 e. The number of anilines is 2. The number of hydrogen-bond acceptors (Lipinski definition) is 6. The zero-order valence-corrected chi connectivity index (χ0v) is 11.1. The van der Waals surface area contributed by atoms with Gasteiger partial charge in [-0.3, -0.25) is 0 Å². The number of hydrogen-bond donors (Lipinski definition) is 3. The minimum Gasteiger partial charge on any atom is -0.399 e. The number of aliphatic hydroxyl groups excluding tert-OH is 1. The van der Waals surface area contributed by atoms with Gasteiger partial charge in [0.15, 0.2) is 0 Å². The average molecular weight is 287 g/mol. The van der Waals surface area contributed by atoms with E-state index in [1.807, 2.05) is 4.90 Å². The highest BCUT2D eigenvalue weighted by Crippen LogP contribution is 2.25. The van der Waals surface area contributed by atoms with Gasteiger partial charge in [0.2, 0.25) is 10.0 Å². The Morgan fingerprint density at radius 2 is 2.16 bits per heavy atom.